The molecule has 0 aliphatic carbocycles. The van der Waals surface area contributed by atoms with Gasteiger partial charge in [-0.15, -0.1) is 0 Å². The first-order valence-electron chi connectivity index (χ1n) is 3.44. The van der Waals surface area contributed by atoms with E-state index in [0.717, 1.165) is 0 Å². The van der Waals surface area contributed by atoms with Gasteiger partial charge in [0.2, 0.25) is 12.1 Å². The van der Waals surface area contributed by atoms with Gasteiger partial charge in [0.25, 0.3) is 5.89 Å². The molecular formula is C7H10N2O3. The summed E-state index contributed by atoms with van der Waals surface area (Å²) in [6.45, 7) is 3.57. The molecule has 5 heteroatoms. The fraction of sp³-hybridized carbons (Fsp3) is 0.571. The molecule has 12 heavy (non-hydrogen) atoms. The minimum Gasteiger partial charge on any atom is -0.371 e. The second kappa shape index (κ2) is 3.02. The SMILES string of the molecule is COC(C)(C)c1noc(C=O)n1. The van der Waals surface area contributed by atoms with Gasteiger partial charge in [0.1, 0.15) is 5.60 Å². The average Bonchev–Trinajstić information content (AvgIpc) is 2.52. The molecule has 0 unspecified atom stereocenters. The summed E-state index contributed by atoms with van der Waals surface area (Å²) in [6, 6.07) is 0. The second-order valence-electron chi connectivity index (χ2n) is 2.79. The molecule has 0 amide bonds. The van der Waals surface area contributed by atoms with Crippen LogP contribution in [0.4, 0.5) is 0 Å². The lowest BCUT2D eigenvalue weighted by atomic mass is 10.1. The molecule has 0 aliphatic heterocycles. The lowest BCUT2D eigenvalue weighted by Gasteiger charge is -2.17. The maximum absolute atomic E-state index is 10.2. The largest absolute Gasteiger partial charge is 0.371 e. The van der Waals surface area contributed by atoms with Crippen molar-refractivity contribution in [3.63, 3.8) is 0 Å². The lowest BCUT2D eigenvalue weighted by Crippen LogP contribution is -2.21. The Morgan fingerprint density at radius 1 is 1.58 bits per heavy atom. The number of rotatable bonds is 3. The summed E-state index contributed by atoms with van der Waals surface area (Å²) in [5.74, 6) is 0.335. The summed E-state index contributed by atoms with van der Waals surface area (Å²) in [7, 11) is 1.54. The Labute approximate surface area is 69.7 Å². The molecule has 1 heterocycles. The zero-order valence-electron chi connectivity index (χ0n) is 7.20. The molecule has 5 nitrogen and oxygen atoms in total. The van der Waals surface area contributed by atoms with Crippen molar-refractivity contribution in [3.8, 4) is 0 Å². The summed E-state index contributed by atoms with van der Waals surface area (Å²) in [4.78, 5) is 14.0. The van der Waals surface area contributed by atoms with E-state index < -0.39 is 5.60 Å². The van der Waals surface area contributed by atoms with E-state index in [9.17, 15) is 4.79 Å². The molecular weight excluding hydrogens is 160 g/mol. The van der Waals surface area contributed by atoms with Crippen LogP contribution >= 0.6 is 0 Å². The van der Waals surface area contributed by atoms with Crippen LogP contribution in [-0.2, 0) is 10.3 Å². The van der Waals surface area contributed by atoms with E-state index in [-0.39, 0.29) is 5.89 Å². The predicted molar refractivity (Wildman–Crippen MR) is 39.7 cm³/mol. The second-order valence-corrected chi connectivity index (χ2v) is 2.79. The Balaban J connectivity index is 2.95. The Bertz CT molecular complexity index is 280. The number of nitrogens with zero attached hydrogens (tertiary/aromatic N) is 2. The van der Waals surface area contributed by atoms with Crippen molar-refractivity contribution in [1.82, 2.24) is 10.1 Å². The summed E-state index contributed by atoms with van der Waals surface area (Å²) in [6.07, 6.45) is 0.502. The summed E-state index contributed by atoms with van der Waals surface area (Å²) < 4.78 is 9.67. The normalized spacial score (nSPS) is 11.6. The van der Waals surface area contributed by atoms with Crippen LogP contribution in [0.3, 0.4) is 0 Å². The van der Waals surface area contributed by atoms with Gasteiger partial charge in [-0.05, 0) is 13.8 Å². The first-order chi connectivity index (χ1) is 5.60. The molecule has 0 aliphatic rings. The van der Waals surface area contributed by atoms with E-state index in [1.165, 1.54) is 7.11 Å². The van der Waals surface area contributed by atoms with E-state index in [1.54, 1.807) is 13.8 Å². The van der Waals surface area contributed by atoms with Crippen molar-refractivity contribution in [3.05, 3.63) is 11.7 Å². The van der Waals surface area contributed by atoms with Gasteiger partial charge in [-0.2, -0.15) is 4.98 Å². The molecule has 0 radical (unpaired) electrons. The highest BCUT2D eigenvalue weighted by atomic mass is 16.5. The molecule has 66 valence electrons. The van der Waals surface area contributed by atoms with Gasteiger partial charge in [0, 0.05) is 7.11 Å². The quantitative estimate of drug-likeness (QED) is 0.626. The number of aromatic nitrogens is 2. The van der Waals surface area contributed by atoms with Crippen LogP contribution < -0.4 is 0 Å². The predicted octanol–water partition coefficient (Wildman–Crippen LogP) is 0.764. The van der Waals surface area contributed by atoms with Crippen LogP contribution in [-0.4, -0.2) is 23.5 Å². The van der Waals surface area contributed by atoms with Gasteiger partial charge in [0.15, 0.2) is 0 Å². The molecule has 0 spiro atoms. The molecule has 0 fully saturated rings. The maximum atomic E-state index is 10.2. The van der Waals surface area contributed by atoms with E-state index in [1.807, 2.05) is 0 Å². The number of carbonyl (C=O) groups excluding carboxylic acids is 1. The van der Waals surface area contributed by atoms with Crippen LogP contribution in [0.5, 0.6) is 0 Å². The van der Waals surface area contributed by atoms with Gasteiger partial charge < -0.3 is 9.26 Å². The highest BCUT2D eigenvalue weighted by molar-refractivity contribution is 5.66. The topological polar surface area (TPSA) is 65.2 Å². The molecule has 1 aromatic rings. The zero-order valence-corrected chi connectivity index (χ0v) is 7.20. The summed E-state index contributed by atoms with van der Waals surface area (Å²) >= 11 is 0. The first kappa shape index (κ1) is 8.86. The Hall–Kier alpha value is -1.23. The van der Waals surface area contributed by atoms with Crippen molar-refractivity contribution >= 4 is 6.29 Å². The number of hydrogen-bond acceptors (Lipinski definition) is 5. The third kappa shape index (κ3) is 1.50. The van der Waals surface area contributed by atoms with Gasteiger partial charge in [-0.25, -0.2) is 0 Å². The van der Waals surface area contributed by atoms with Gasteiger partial charge >= 0.3 is 0 Å². The van der Waals surface area contributed by atoms with Crippen molar-refractivity contribution in [1.29, 1.82) is 0 Å². The van der Waals surface area contributed by atoms with Crippen molar-refractivity contribution < 1.29 is 14.1 Å². The zero-order chi connectivity index (χ0) is 9.19. The number of hydrogen-bond donors (Lipinski definition) is 0. The monoisotopic (exact) mass is 170 g/mol. The summed E-state index contributed by atoms with van der Waals surface area (Å²) in [5, 5.41) is 3.59. The van der Waals surface area contributed by atoms with E-state index in [2.05, 4.69) is 14.7 Å². The molecule has 0 atom stereocenters. The van der Waals surface area contributed by atoms with Crippen LogP contribution in [0.25, 0.3) is 0 Å². The minimum atomic E-state index is -0.620. The summed E-state index contributed by atoms with van der Waals surface area (Å²) in [5.41, 5.74) is -0.620. The molecule has 0 saturated carbocycles. The van der Waals surface area contributed by atoms with E-state index >= 15 is 0 Å². The molecule has 0 bridgehead atoms. The van der Waals surface area contributed by atoms with Crippen LogP contribution in [0.15, 0.2) is 4.52 Å². The van der Waals surface area contributed by atoms with Gasteiger partial charge in [-0.1, -0.05) is 5.16 Å². The lowest BCUT2D eigenvalue weighted by molar-refractivity contribution is 0.00973. The smallest absolute Gasteiger partial charge is 0.290 e. The molecule has 1 aromatic heterocycles. The molecule has 0 aromatic carbocycles. The van der Waals surface area contributed by atoms with Gasteiger partial charge in [0.05, 0.1) is 0 Å². The minimum absolute atomic E-state index is 0.0323. The molecule has 0 saturated heterocycles. The van der Waals surface area contributed by atoms with Crippen LogP contribution in [0.1, 0.15) is 30.4 Å². The van der Waals surface area contributed by atoms with E-state index in [0.29, 0.717) is 12.1 Å². The Kier molecular flexibility index (Phi) is 2.23. The van der Waals surface area contributed by atoms with Crippen LogP contribution in [0, 0.1) is 0 Å². The molecule has 1 rings (SSSR count). The van der Waals surface area contributed by atoms with Gasteiger partial charge in [-0.3, -0.25) is 4.79 Å². The Morgan fingerprint density at radius 2 is 2.25 bits per heavy atom. The third-order valence-electron chi connectivity index (χ3n) is 1.59. The standard InChI is InChI=1S/C7H10N2O3/c1-7(2,11-3)6-8-5(4-10)12-9-6/h4H,1-3H3. The van der Waals surface area contributed by atoms with Crippen molar-refractivity contribution in [2.75, 3.05) is 7.11 Å². The first-order valence-corrected chi connectivity index (χ1v) is 3.44. The average molecular weight is 170 g/mol. The number of aldehydes is 1. The Morgan fingerprint density at radius 3 is 2.67 bits per heavy atom. The number of carbonyl (C=O) groups is 1. The van der Waals surface area contributed by atoms with E-state index in [4.69, 9.17) is 4.74 Å². The fourth-order valence-electron chi connectivity index (χ4n) is 0.619. The number of ether oxygens (including phenoxy) is 1. The molecule has 0 N–H and O–H groups in total. The highest BCUT2D eigenvalue weighted by Crippen LogP contribution is 2.19. The van der Waals surface area contributed by atoms with Crippen molar-refractivity contribution in [2.45, 2.75) is 19.4 Å². The third-order valence-corrected chi connectivity index (χ3v) is 1.59. The number of methoxy groups -OCH3 is 1. The van der Waals surface area contributed by atoms with Crippen LogP contribution in [0.2, 0.25) is 0 Å². The fourth-order valence-corrected chi connectivity index (χ4v) is 0.619. The maximum Gasteiger partial charge on any atom is 0.290 e. The van der Waals surface area contributed by atoms with Crippen molar-refractivity contribution in [2.24, 2.45) is 0 Å². The highest BCUT2D eigenvalue weighted by Gasteiger charge is 2.25.